The number of aryl methyl sites for hydroxylation is 2. The van der Waals surface area contributed by atoms with Crippen LogP contribution < -0.4 is 5.32 Å². The Balaban J connectivity index is 1.75. The number of pyridine rings is 1. The lowest BCUT2D eigenvalue weighted by Gasteiger charge is -2.10. The van der Waals surface area contributed by atoms with Crippen molar-refractivity contribution < 1.29 is 9.90 Å². The van der Waals surface area contributed by atoms with E-state index in [4.69, 9.17) is 0 Å². The first-order chi connectivity index (χ1) is 9.74. The molecule has 0 bridgehead atoms. The number of hydrogen-bond acceptors (Lipinski definition) is 5. The average molecular weight is 289 g/mol. The van der Waals surface area contributed by atoms with Gasteiger partial charge in [-0.15, -0.1) is 11.3 Å². The molecule has 0 aromatic carbocycles. The van der Waals surface area contributed by atoms with Crippen LogP contribution in [0.25, 0.3) is 0 Å². The Morgan fingerprint density at radius 3 is 3.10 bits per heavy atom. The number of nitrogens with one attached hydrogen (secondary N) is 1. The van der Waals surface area contributed by atoms with Gasteiger partial charge in [0.15, 0.2) is 0 Å². The van der Waals surface area contributed by atoms with Crippen molar-refractivity contribution in [2.45, 2.75) is 25.7 Å². The number of carboxylic acids is 1. The molecule has 1 aliphatic carbocycles. The Bertz CT molecular complexity index is 626. The SMILES string of the molecule is O=C(O)c1cc2c(nc1NCCc1cscn1)CCC2. The van der Waals surface area contributed by atoms with Gasteiger partial charge in [-0.3, -0.25) is 0 Å². The fourth-order valence-corrected chi connectivity index (χ4v) is 3.03. The van der Waals surface area contributed by atoms with E-state index < -0.39 is 5.97 Å². The maximum absolute atomic E-state index is 11.3. The van der Waals surface area contributed by atoms with Gasteiger partial charge in [-0.1, -0.05) is 0 Å². The van der Waals surface area contributed by atoms with Crippen LogP contribution in [0.5, 0.6) is 0 Å². The molecule has 0 radical (unpaired) electrons. The molecule has 2 aromatic rings. The first-order valence-electron chi connectivity index (χ1n) is 6.61. The number of nitrogens with zero attached hydrogens (tertiary/aromatic N) is 2. The van der Waals surface area contributed by atoms with Gasteiger partial charge in [0.1, 0.15) is 11.4 Å². The summed E-state index contributed by atoms with van der Waals surface area (Å²) < 4.78 is 0. The van der Waals surface area contributed by atoms with Gasteiger partial charge in [0, 0.05) is 24.0 Å². The predicted octanol–water partition coefficient (Wildman–Crippen LogP) is 2.38. The van der Waals surface area contributed by atoms with Crippen LogP contribution in [0.3, 0.4) is 0 Å². The molecule has 20 heavy (non-hydrogen) atoms. The van der Waals surface area contributed by atoms with Gasteiger partial charge in [0.05, 0.1) is 11.2 Å². The zero-order valence-electron chi connectivity index (χ0n) is 10.9. The molecular weight excluding hydrogens is 274 g/mol. The van der Waals surface area contributed by atoms with Gasteiger partial charge in [0.25, 0.3) is 0 Å². The van der Waals surface area contributed by atoms with Gasteiger partial charge < -0.3 is 10.4 Å². The van der Waals surface area contributed by atoms with Crippen molar-refractivity contribution in [1.82, 2.24) is 9.97 Å². The van der Waals surface area contributed by atoms with Gasteiger partial charge in [-0.05, 0) is 30.9 Å². The topological polar surface area (TPSA) is 75.1 Å². The minimum atomic E-state index is -0.927. The second-order valence-electron chi connectivity index (χ2n) is 4.81. The molecular formula is C14H15N3O2S. The maximum atomic E-state index is 11.3. The summed E-state index contributed by atoms with van der Waals surface area (Å²) in [5.41, 5.74) is 5.19. The van der Waals surface area contributed by atoms with E-state index in [-0.39, 0.29) is 5.56 Å². The normalized spacial score (nSPS) is 13.2. The molecule has 5 nitrogen and oxygen atoms in total. The Morgan fingerprint density at radius 1 is 1.45 bits per heavy atom. The third kappa shape index (κ3) is 2.65. The highest BCUT2D eigenvalue weighted by molar-refractivity contribution is 7.07. The Kier molecular flexibility index (Phi) is 3.64. The molecule has 0 unspecified atom stereocenters. The van der Waals surface area contributed by atoms with Crippen LogP contribution in [-0.4, -0.2) is 27.6 Å². The van der Waals surface area contributed by atoms with Gasteiger partial charge in [-0.2, -0.15) is 0 Å². The molecule has 0 aliphatic heterocycles. The molecule has 0 amide bonds. The molecule has 6 heteroatoms. The number of aromatic nitrogens is 2. The molecule has 0 saturated carbocycles. The summed E-state index contributed by atoms with van der Waals surface area (Å²) in [5, 5.41) is 14.4. The number of fused-ring (bicyclic) bond motifs is 1. The molecule has 0 spiro atoms. The minimum absolute atomic E-state index is 0.268. The zero-order valence-corrected chi connectivity index (χ0v) is 11.7. The van der Waals surface area contributed by atoms with Gasteiger partial charge in [0.2, 0.25) is 0 Å². The molecule has 1 aliphatic rings. The number of rotatable bonds is 5. The van der Waals surface area contributed by atoms with Crippen LogP contribution in [-0.2, 0) is 19.3 Å². The van der Waals surface area contributed by atoms with Crippen LogP contribution in [0.4, 0.5) is 5.82 Å². The molecule has 3 rings (SSSR count). The first kappa shape index (κ1) is 13.1. The van der Waals surface area contributed by atoms with Crippen molar-refractivity contribution in [1.29, 1.82) is 0 Å². The molecule has 104 valence electrons. The molecule has 2 N–H and O–H groups in total. The van der Waals surface area contributed by atoms with Crippen LogP contribution in [0.2, 0.25) is 0 Å². The third-order valence-corrected chi connectivity index (χ3v) is 4.07. The second-order valence-corrected chi connectivity index (χ2v) is 5.52. The van der Waals surface area contributed by atoms with Gasteiger partial charge >= 0.3 is 5.97 Å². The second kappa shape index (κ2) is 5.58. The zero-order chi connectivity index (χ0) is 13.9. The largest absolute Gasteiger partial charge is 0.478 e. The van der Waals surface area contributed by atoms with E-state index >= 15 is 0 Å². The molecule has 0 atom stereocenters. The summed E-state index contributed by atoms with van der Waals surface area (Å²) in [6.45, 7) is 0.635. The highest BCUT2D eigenvalue weighted by atomic mass is 32.1. The maximum Gasteiger partial charge on any atom is 0.339 e. The summed E-state index contributed by atoms with van der Waals surface area (Å²) in [6.07, 6.45) is 3.70. The Hall–Kier alpha value is -1.95. The van der Waals surface area contributed by atoms with Crippen molar-refractivity contribution >= 4 is 23.1 Å². The van der Waals surface area contributed by atoms with Crippen molar-refractivity contribution in [2.24, 2.45) is 0 Å². The molecule has 2 heterocycles. The molecule has 2 aromatic heterocycles. The predicted molar refractivity (Wildman–Crippen MR) is 77.5 cm³/mol. The third-order valence-electron chi connectivity index (χ3n) is 3.44. The Labute approximate surface area is 120 Å². The number of anilines is 1. The lowest BCUT2D eigenvalue weighted by molar-refractivity contribution is 0.0697. The molecule has 0 saturated heterocycles. The van der Waals surface area contributed by atoms with E-state index in [0.29, 0.717) is 12.4 Å². The number of aromatic carboxylic acids is 1. The quantitative estimate of drug-likeness (QED) is 0.884. The average Bonchev–Trinajstić information content (AvgIpc) is 3.07. The summed E-state index contributed by atoms with van der Waals surface area (Å²) in [4.78, 5) is 20.0. The van der Waals surface area contributed by atoms with E-state index in [1.165, 1.54) is 0 Å². The molecule has 0 fully saturated rings. The van der Waals surface area contributed by atoms with Crippen LogP contribution in [0.15, 0.2) is 17.0 Å². The first-order valence-corrected chi connectivity index (χ1v) is 7.55. The summed E-state index contributed by atoms with van der Waals surface area (Å²) in [7, 11) is 0. The number of hydrogen-bond donors (Lipinski definition) is 2. The van der Waals surface area contributed by atoms with Crippen LogP contribution in [0, 0.1) is 0 Å². The van der Waals surface area contributed by atoms with E-state index in [1.54, 1.807) is 22.9 Å². The fourth-order valence-electron chi connectivity index (χ4n) is 2.44. The number of thiazole rings is 1. The number of carbonyl (C=O) groups is 1. The fraction of sp³-hybridized carbons (Fsp3) is 0.357. The van der Waals surface area contributed by atoms with Crippen molar-refractivity contribution in [3.05, 3.63) is 39.5 Å². The standard InChI is InChI=1S/C14H15N3O2S/c18-14(19)11-6-9-2-1-3-12(9)17-13(11)15-5-4-10-7-20-8-16-10/h6-8H,1-5H2,(H,15,17)(H,18,19). The monoisotopic (exact) mass is 289 g/mol. The number of carboxylic acid groups (broad SMARTS) is 1. The summed E-state index contributed by atoms with van der Waals surface area (Å²) in [6, 6.07) is 1.77. The highest BCUT2D eigenvalue weighted by Gasteiger charge is 2.19. The highest BCUT2D eigenvalue weighted by Crippen LogP contribution is 2.25. The van der Waals surface area contributed by atoms with Crippen LogP contribution in [0.1, 0.15) is 33.7 Å². The van der Waals surface area contributed by atoms with Crippen molar-refractivity contribution in [3.8, 4) is 0 Å². The van der Waals surface area contributed by atoms with E-state index in [2.05, 4.69) is 15.3 Å². The van der Waals surface area contributed by atoms with Crippen LogP contribution >= 0.6 is 11.3 Å². The summed E-state index contributed by atoms with van der Waals surface area (Å²) in [5.74, 6) is -0.447. The van der Waals surface area contributed by atoms with Gasteiger partial charge in [-0.25, -0.2) is 14.8 Å². The summed E-state index contributed by atoms with van der Waals surface area (Å²) >= 11 is 1.56. The van der Waals surface area contributed by atoms with Crippen molar-refractivity contribution in [2.75, 3.05) is 11.9 Å². The van der Waals surface area contributed by atoms with E-state index in [9.17, 15) is 9.90 Å². The minimum Gasteiger partial charge on any atom is -0.478 e. The van der Waals surface area contributed by atoms with Crippen molar-refractivity contribution in [3.63, 3.8) is 0 Å². The van der Waals surface area contributed by atoms with E-state index in [0.717, 1.165) is 42.6 Å². The smallest absolute Gasteiger partial charge is 0.339 e. The lowest BCUT2D eigenvalue weighted by Crippen LogP contribution is -2.12. The van der Waals surface area contributed by atoms with E-state index in [1.807, 2.05) is 5.38 Å². The lowest BCUT2D eigenvalue weighted by atomic mass is 10.1. The Morgan fingerprint density at radius 2 is 2.35 bits per heavy atom.